The van der Waals surface area contributed by atoms with Gasteiger partial charge in [0.2, 0.25) is 0 Å². The summed E-state index contributed by atoms with van der Waals surface area (Å²) < 4.78 is 0. The van der Waals surface area contributed by atoms with Crippen molar-refractivity contribution in [2.75, 3.05) is 0 Å². The van der Waals surface area contributed by atoms with Gasteiger partial charge in [0, 0.05) is 11.1 Å². The molecule has 0 N–H and O–H groups in total. The van der Waals surface area contributed by atoms with Crippen molar-refractivity contribution in [1.29, 1.82) is 0 Å². The second kappa shape index (κ2) is 10.7. The van der Waals surface area contributed by atoms with Gasteiger partial charge in [0.25, 0.3) is 0 Å². The van der Waals surface area contributed by atoms with E-state index in [1.165, 1.54) is 66.8 Å². The number of fused-ring (bicyclic) bond motifs is 1. The van der Waals surface area contributed by atoms with Gasteiger partial charge in [0.1, 0.15) is 0 Å². The molecule has 0 radical (unpaired) electrons. The molecule has 0 aliphatic carbocycles. The molecule has 0 saturated heterocycles. The summed E-state index contributed by atoms with van der Waals surface area (Å²) in [5, 5.41) is 2.60. The molecule has 0 aliphatic heterocycles. The summed E-state index contributed by atoms with van der Waals surface area (Å²) in [6.45, 7) is 4.48. The molecule has 0 unspecified atom stereocenters. The lowest BCUT2D eigenvalue weighted by Gasteiger charge is -2.05. The number of rotatable bonds is 8. The molecule has 0 aliphatic rings. The Morgan fingerprint density at radius 2 is 1.18 bits per heavy atom. The van der Waals surface area contributed by atoms with Crippen LogP contribution in [-0.4, -0.2) is 0 Å². The molecule has 3 aromatic rings. The normalized spacial score (nSPS) is 10.6. The van der Waals surface area contributed by atoms with Crippen molar-refractivity contribution in [1.82, 2.24) is 0 Å². The number of aryl methyl sites for hydroxylation is 2. The lowest BCUT2D eigenvalue weighted by atomic mass is 10.0. The van der Waals surface area contributed by atoms with Crippen molar-refractivity contribution in [2.45, 2.75) is 65.2 Å². The molecule has 0 nitrogen and oxygen atoms in total. The molecule has 0 spiro atoms. The third-order valence-corrected chi connectivity index (χ3v) is 5.32. The van der Waals surface area contributed by atoms with Gasteiger partial charge in [-0.05, 0) is 65.4 Å². The van der Waals surface area contributed by atoms with Crippen molar-refractivity contribution in [3.05, 3.63) is 82.9 Å². The molecule has 0 atom stereocenters. The average molecular weight is 369 g/mol. The maximum Gasteiger partial charge on any atom is 0.0255 e. The number of benzene rings is 3. The van der Waals surface area contributed by atoms with E-state index >= 15 is 0 Å². The molecule has 3 aromatic carbocycles. The second-order valence-electron chi connectivity index (χ2n) is 7.76. The Morgan fingerprint density at radius 1 is 0.536 bits per heavy atom. The Morgan fingerprint density at radius 3 is 1.96 bits per heavy atom. The van der Waals surface area contributed by atoms with Crippen LogP contribution in [0, 0.1) is 11.8 Å². The van der Waals surface area contributed by atoms with Crippen LogP contribution in [0.2, 0.25) is 0 Å². The topological polar surface area (TPSA) is 0 Å². The summed E-state index contributed by atoms with van der Waals surface area (Å²) in [4.78, 5) is 0. The first-order chi connectivity index (χ1) is 13.8. The first kappa shape index (κ1) is 20.2. The zero-order valence-corrected chi connectivity index (χ0v) is 17.4. The van der Waals surface area contributed by atoms with Crippen LogP contribution in [0.25, 0.3) is 10.8 Å². The minimum absolute atomic E-state index is 1.08. The summed E-state index contributed by atoms with van der Waals surface area (Å²) in [6, 6.07) is 22.1. The number of hydrogen-bond acceptors (Lipinski definition) is 0. The van der Waals surface area contributed by atoms with Crippen LogP contribution in [0.4, 0.5) is 0 Å². The quantitative estimate of drug-likeness (QED) is 0.282. The van der Waals surface area contributed by atoms with Gasteiger partial charge in [-0.25, -0.2) is 0 Å². The maximum absolute atomic E-state index is 3.32. The highest BCUT2D eigenvalue weighted by Gasteiger charge is 1.99. The molecule has 0 saturated carbocycles. The van der Waals surface area contributed by atoms with Gasteiger partial charge in [0.05, 0.1) is 0 Å². The van der Waals surface area contributed by atoms with E-state index in [4.69, 9.17) is 0 Å². The minimum atomic E-state index is 1.08. The van der Waals surface area contributed by atoms with Crippen molar-refractivity contribution in [3.8, 4) is 11.8 Å². The molecule has 3 rings (SSSR count). The Labute approximate surface area is 171 Å². The Balaban J connectivity index is 1.65. The Kier molecular flexibility index (Phi) is 7.74. The standard InChI is InChI=1S/C28H32/c1-3-5-6-7-8-10-25-17-19-28-22-26(18-20-27(28)21-25)16-15-24-13-11-23(9-4-2)12-14-24/h11-14,17-22H,3-10H2,1-2H3. The fourth-order valence-electron chi connectivity index (χ4n) is 3.65. The number of unbranched alkanes of at least 4 members (excludes halogenated alkanes) is 4. The molecule has 0 amide bonds. The van der Waals surface area contributed by atoms with E-state index < -0.39 is 0 Å². The summed E-state index contributed by atoms with van der Waals surface area (Å²) in [7, 11) is 0. The van der Waals surface area contributed by atoms with Gasteiger partial charge < -0.3 is 0 Å². The average Bonchev–Trinajstić information content (AvgIpc) is 2.73. The van der Waals surface area contributed by atoms with E-state index in [0.717, 1.165) is 17.5 Å². The molecule has 0 heterocycles. The number of hydrogen-bond donors (Lipinski definition) is 0. The van der Waals surface area contributed by atoms with Crippen molar-refractivity contribution < 1.29 is 0 Å². The molecular weight excluding hydrogens is 336 g/mol. The molecular formula is C28H32. The zero-order valence-electron chi connectivity index (χ0n) is 17.4. The predicted molar refractivity (Wildman–Crippen MR) is 123 cm³/mol. The molecule has 0 fully saturated rings. The van der Waals surface area contributed by atoms with Gasteiger partial charge in [0.15, 0.2) is 0 Å². The molecule has 0 aromatic heterocycles. The van der Waals surface area contributed by atoms with Crippen LogP contribution in [0.15, 0.2) is 60.7 Å². The van der Waals surface area contributed by atoms with E-state index in [-0.39, 0.29) is 0 Å². The van der Waals surface area contributed by atoms with Gasteiger partial charge in [-0.15, -0.1) is 0 Å². The van der Waals surface area contributed by atoms with Crippen LogP contribution < -0.4 is 0 Å². The second-order valence-corrected chi connectivity index (χ2v) is 7.76. The fourth-order valence-corrected chi connectivity index (χ4v) is 3.65. The van der Waals surface area contributed by atoms with Crippen LogP contribution in [0.1, 0.15) is 74.6 Å². The Hall–Kier alpha value is -2.52. The molecule has 0 heteroatoms. The van der Waals surface area contributed by atoms with Crippen LogP contribution >= 0.6 is 0 Å². The van der Waals surface area contributed by atoms with E-state index in [9.17, 15) is 0 Å². The highest BCUT2D eigenvalue weighted by molar-refractivity contribution is 5.84. The lowest BCUT2D eigenvalue weighted by Crippen LogP contribution is -1.87. The summed E-state index contributed by atoms with van der Waals surface area (Å²) in [5.74, 6) is 6.62. The first-order valence-electron chi connectivity index (χ1n) is 10.9. The monoisotopic (exact) mass is 368 g/mol. The van der Waals surface area contributed by atoms with Gasteiger partial charge >= 0.3 is 0 Å². The maximum atomic E-state index is 3.32. The highest BCUT2D eigenvalue weighted by Crippen LogP contribution is 2.19. The highest BCUT2D eigenvalue weighted by atomic mass is 14.0. The smallest absolute Gasteiger partial charge is 0.0255 e. The fraction of sp³-hybridized carbons (Fsp3) is 0.357. The van der Waals surface area contributed by atoms with Gasteiger partial charge in [-0.3, -0.25) is 0 Å². The summed E-state index contributed by atoms with van der Waals surface area (Å²) >= 11 is 0. The van der Waals surface area contributed by atoms with Crippen molar-refractivity contribution >= 4 is 10.8 Å². The van der Waals surface area contributed by atoms with E-state index in [1.807, 2.05) is 0 Å². The third kappa shape index (κ3) is 6.00. The SMILES string of the molecule is CCCCCCCc1ccc2cc(C#Cc3ccc(CCC)cc3)ccc2c1. The van der Waals surface area contributed by atoms with Crippen LogP contribution in [0.3, 0.4) is 0 Å². The molecule has 0 bridgehead atoms. The van der Waals surface area contributed by atoms with Crippen molar-refractivity contribution in [3.63, 3.8) is 0 Å². The van der Waals surface area contributed by atoms with E-state index in [0.29, 0.717) is 0 Å². The van der Waals surface area contributed by atoms with Crippen LogP contribution in [-0.2, 0) is 12.8 Å². The zero-order chi connectivity index (χ0) is 19.6. The predicted octanol–water partition coefficient (Wildman–Crippen LogP) is 7.71. The minimum Gasteiger partial charge on any atom is -0.0654 e. The summed E-state index contributed by atoms with van der Waals surface area (Å²) in [6.07, 6.45) is 10.2. The Bertz CT molecular complexity index is 935. The first-order valence-corrected chi connectivity index (χ1v) is 10.9. The summed E-state index contributed by atoms with van der Waals surface area (Å²) in [5.41, 5.74) is 5.01. The van der Waals surface area contributed by atoms with E-state index in [2.05, 4.69) is 86.4 Å². The molecule has 28 heavy (non-hydrogen) atoms. The largest absolute Gasteiger partial charge is 0.0654 e. The molecule has 144 valence electrons. The van der Waals surface area contributed by atoms with Crippen molar-refractivity contribution in [2.24, 2.45) is 0 Å². The third-order valence-electron chi connectivity index (χ3n) is 5.32. The lowest BCUT2D eigenvalue weighted by molar-refractivity contribution is 0.632. The van der Waals surface area contributed by atoms with Gasteiger partial charge in [-0.2, -0.15) is 0 Å². The van der Waals surface area contributed by atoms with Crippen LogP contribution in [0.5, 0.6) is 0 Å². The van der Waals surface area contributed by atoms with Gasteiger partial charge in [-0.1, -0.05) is 94.2 Å². The van der Waals surface area contributed by atoms with E-state index in [1.54, 1.807) is 0 Å².